The molecule has 0 aliphatic carbocycles. The first-order valence-corrected chi connectivity index (χ1v) is 7.87. The van der Waals surface area contributed by atoms with Gasteiger partial charge in [0.2, 0.25) is 0 Å². The molecule has 0 bridgehead atoms. The molecule has 0 spiro atoms. The first-order valence-electron chi connectivity index (χ1n) is 7.06. The van der Waals surface area contributed by atoms with Gasteiger partial charge in [-0.25, -0.2) is 4.98 Å². The molecule has 0 amide bonds. The van der Waals surface area contributed by atoms with Gasteiger partial charge in [0.15, 0.2) is 0 Å². The summed E-state index contributed by atoms with van der Waals surface area (Å²) in [5, 5.41) is 4.72. The maximum atomic E-state index is 5.77. The second-order valence-corrected chi connectivity index (χ2v) is 6.32. The largest absolute Gasteiger partial charge is 0.326 e. The van der Waals surface area contributed by atoms with Gasteiger partial charge in [-0.2, -0.15) is 0 Å². The topological polar surface area (TPSA) is 50.9 Å². The molecule has 0 aliphatic heterocycles. The minimum absolute atomic E-state index is 0.353. The van der Waals surface area contributed by atoms with Crippen LogP contribution in [-0.4, -0.2) is 11.5 Å². The predicted octanol–water partition coefficient (Wildman–Crippen LogP) is 3.11. The first kappa shape index (κ1) is 15.2. The van der Waals surface area contributed by atoms with E-state index in [2.05, 4.69) is 49.3 Å². The van der Waals surface area contributed by atoms with Crippen LogP contribution in [-0.2, 0) is 13.0 Å². The fraction of sp³-hybridized carbons (Fsp3) is 0.438. The third kappa shape index (κ3) is 3.66. The number of nitrogens with two attached hydrogens (primary N) is 1. The van der Waals surface area contributed by atoms with Crippen molar-refractivity contribution in [1.82, 2.24) is 10.3 Å². The van der Waals surface area contributed by atoms with Gasteiger partial charge < -0.3 is 11.1 Å². The normalized spacial score (nSPS) is 12.6. The van der Waals surface area contributed by atoms with Crippen LogP contribution in [0, 0.1) is 13.8 Å². The van der Waals surface area contributed by atoms with Crippen LogP contribution in [0.15, 0.2) is 24.3 Å². The highest BCUT2D eigenvalue weighted by molar-refractivity contribution is 7.11. The van der Waals surface area contributed by atoms with Gasteiger partial charge in [0.25, 0.3) is 0 Å². The zero-order valence-electron chi connectivity index (χ0n) is 12.4. The molecule has 0 saturated heterocycles. The molecule has 1 heterocycles. The van der Waals surface area contributed by atoms with Gasteiger partial charge in [-0.3, -0.25) is 0 Å². The van der Waals surface area contributed by atoms with Gasteiger partial charge in [0.05, 0.1) is 10.7 Å². The van der Waals surface area contributed by atoms with Crippen LogP contribution in [0.5, 0.6) is 0 Å². The highest BCUT2D eigenvalue weighted by Gasteiger charge is 2.12. The lowest BCUT2D eigenvalue weighted by atomic mass is 10.0. The molecule has 1 atom stereocenters. The fourth-order valence-corrected chi connectivity index (χ4v) is 3.42. The Labute approximate surface area is 125 Å². The highest BCUT2D eigenvalue weighted by atomic mass is 32.1. The van der Waals surface area contributed by atoms with E-state index < -0.39 is 0 Å². The molecule has 2 rings (SSSR count). The van der Waals surface area contributed by atoms with Gasteiger partial charge in [-0.05, 0) is 44.9 Å². The highest BCUT2D eigenvalue weighted by Crippen LogP contribution is 2.24. The Bertz CT molecular complexity index is 563. The Morgan fingerprint density at radius 2 is 1.95 bits per heavy atom. The lowest BCUT2D eigenvalue weighted by Gasteiger charge is -2.14. The molecule has 3 N–H and O–H groups in total. The molecule has 0 radical (unpaired) electrons. The van der Waals surface area contributed by atoms with Crippen LogP contribution in [0.2, 0.25) is 0 Å². The molecule has 20 heavy (non-hydrogen) atoms. The number of hydrogen-bond donors (Lipinski definition) is 2. The molecule has 3 nitrogen and oxygen atoms in total. The van der Waals surface area contributed by atoms with E-state index in [-0.39, 0.29) is 0 Å². The van der Waals surface area contributed by atoms with Crippen molar-refractivity contribution in [2.24, 2.45) is 5.73 Å². The zero-order chi connectivity index (χ0) is 14.5. The van der Waals surface area contributed by atoms with Gasteiger partial charge in [-0.15, -0.1) is 11.3 Å². The maximum absolute atomic E-state index is 5.77. The van der Waals surface area contributed by atoms with Crippen LogP contribution < -0.4 is 11.1 Å². The molecule has 1 aromatic heterocycles. The van der Waals surface area contributed by atoms with E-state index >= 15 is 0 Å². The van der Waals surface area contributed by atoms with Crippen molar-refractivity contribution in [2.75, 3.05) is 6.54 Å². The van der Waals surface area contributed by atoms with Crippen molar-refractivity contribution >= 4 is 11.3 Å². The standard InChI is InChI=1S/C16H23N3S/c1-11(16-12(2)19-13(3)20-16)18-9-8-14-6-4-5-7-15(14)10-17/h4-7,11,18H,8-10,17H2,1-3H3. The molecule has 0 fully saturated rings. The number of nitrogens with zero attached hydrogens (tertiary/aromatic N) is 1. The van der Waals surface area contributed by atoms with Crippen molar-refractivity contribution in [3.05, 3.63) is 51.0 Å². The van der Waals surface area contributed by atoms with Crippen LogP contribution in [0.25, 0.3) is 0 Å². The summed E-state index contributed by atoms with van der Waals surface area (Å²) in [6.45, 7) is 7.91. The summed E-state index contributed by atoms with van der Waals surface area (Å²) < 4.78 is 0. The Balaban J connectivity index is 1.91. The molecule has 2 aromatic rings. The van der Waals surface area contributed by atoms with Crippen LogP contribution in [0.4, 0.5) is 0 Å². The van der Waals surface area contributed by atoms with Crippen LogP contribution in [0.3, 0.4) is 0 Å². The minimum atomic E-state index is 0.353. The quantitative estimate of drug-likeness (QED) is 0.859. The number of benzene rings is 1. The van der Waals surface area contributed by atoms with E-state index in [9.17, 15) is 0 Å². The summed E-state index contributed by atoms with van der Waals surface area (Å²) in [6, 6.07) is 8.75. The summed E-state index contributed by atoms with van der Waals surface area (Å²) in [7, 11) is 0. The van der Waals surface area contributed by atoms with E-state index in [1.54, 1.807) is 11.3 Å². The maximum Gasteiger partial charge on any atom is 0.0900 e. The summed E-state index contributed by atoms with van der Waals surface area (Å²) in [5.41, 5.74) is 9.50. The lowest BCUT2D eigenvalue weighted by molar-refractivity contribution is 0.580. The Kier molecular flexibility index (Phi) is 5.29. The molecule has 0 saturated carbocycles. The smallest absolute Gasteiger partial charge is 0.0900 e. The number of thiazole rings is 1. The van der Waals surface area contributed by atoms with Gasteiger partial charge in [0.1, 0.15) is 0 Å². The van der Waals surface area contributed by atoms with Crippen molar-refractivity contribution < 1.29 is 0 Å². The third-order valence-corrected chi connectivity index (χ3v) is 4.77. The van der Waals surface area contributed by atoms with Crippen molar-refractivity contribution in [1.29, 1.82) is 0 Å². The molecule has 1 unspecified atom stereocenters. The van der Waals surface area contributed by atoms with Crippen LogP contribution >= 0.6 is 11.3 Å². The third-order valence-electron chi connectivity index (χ3n) is 3.52. The summed E-state index contributed by atoms with van der Waals surface area (Å²) >= 11 is 1.78. The second kappa shape index (κ2) is 6.97. The molecule has 108 valence electrons. The molecule has 0 aliphatic rings. The van der Waals surface area contributed by atoms with Crippen molar-refractivity contribution in [2.45, 2.75) is 39.8 Å². The first-order chi connectivity index (χ1) is 9.61. The predicted molar refractivity (Wildman–Crippen MR) is 86.0 cm³/mol. The SMILES string of the molecule is Cc1nc(C)c(C(C)NCCc2ccccc2CN)s1. The summed E-state index contributed by atoms with van der Waals surface area (Å²) in [5.74, 6) is 0. The number of hydrogen-bond acceptors (Lipinski definition) is 4. The molecular formula is C16H23N3S. The average molecular weight is 289 g/mol. The summed E-state index contributed by atoms with van der Waals surface area (Å²) in [4.78, 5) is 5.83. The van der Waals surface area contributed by atoms with Gasteiger partial charge in [0, 0.05) is 17.5 Å². The number of rotatable bonds is 6. The van der Waals surface area contributed by atoms with Crippen LogP contribution in [0.1, 0.15) is 39.7 Å². The molecule has 4 heteroatoms. The Morgan fingerprint density at radius 1 is 1.25 bits per heavy atom. The Morgan fingerprint density at radius 3 is 2.55 bits per heavy atom. The second-order valence-electron chi connectivity index (χ2n) is 5.08. The van der Waals surface area contributed by atoms with E-state index in [1.807, 2.05) is 6.07 Å². The zero-order valence-corrected chi connectivity index (χ0v) is 13.3. The van der Waals surface area contributed by atoms with Gasteiger partial charge in [-0.1, -0.05) is 24.3 Å². The lowest BCUT2D eigenvalue weighted by Crippen LogP contribution is -2.21. The van der Waals surface area contributed by atoms with E-state index in [1.165, 1.54) is 16.0 Å². The summed E-state index contributed by atoms with van der Waals surface area (Å²) in [6.07, 6.45) is 1.01. The van der Waals surface area contributed by atoms with E-state index in [4.69, 9.17) is 5.73 Å². The van der Waals surface area contributed by atoms with E-state index in [0.717, 1.165) is 23.7 Å². The monoisotopic (exact) mass is 289 g/mol. The minimum Gasteiger partial charge on any atom is -0.326 e. The number of aromatic nitrogens is 1. The number of nitrogens with one attached hydrogen (secondary N) is 1. The average Bonchev–Trinajstić information content (AvgIpc) is 2.78. The van der Waals surface area contributed by atoms with Crippen molar-refractivity contribution in [3.63, 3.8) is 0 Å². The Hall–Kier alpha value is -1.23. The fourth-order valence-electron chi connectivity index (χ4n) is 2.47. The molecule has 1 aromatic carbocycles. The van der Waals surface area contributed by atoms with Gasteiger partial charge >= 0.3 is 0 Å². The molecular weight excluding hydrogens is 266 g/mol. The van der Waals surface area contributed by atoms with Crippen molar-refractivity contribution in [3.8, 4) is 0 Å². The van der Waals surface area contributed by atoms with E-state index in [0.29, 0.717) is 12.6 Å². The number of aryl methyl sites for hydroxylation is 2.